The van der Waals surface area contributed by atoms with E-state index < -0.39 is 0 Å². The van der Waals surface area contributed by atoms with Crippen LogP contribution in [0.5, 0.6) is 0 Å². The Balaban J connectivity index is 1.68. The van der Waals surface area contributed by atoms with Crippen molar-refractivity contribution in [3.8, 4) is 0 Å². The molecule has 0 aliphatic carbocycles. The molecule has 1 N–H and O–H groups in total. The highest BCUT2D eigenvalue weighted by molar-refractivity contribution is 5.93. The fraction of sp³-hybridized carbons (Fsp3) is 0.571. The minimum atomic E-state index is -0.0670. The Bertz CT molecular complexity index is 483. The first kappa shape index (κ1) is 12.3. The van der Waals surface area contributed by atoms with E-state index in [1.165, 1.54) is 12.5 Å². The lowest BCUT2D eigenvalue weighted by Gasteiger charge is -2.27. The first-order valence-corrected chi connectivity index (χ1v) is 6.81. The lowest BCUT2D eigenvalue weighted by atomic mass is 9.89. The summed E-state index contributed by atoms with van der Waals surface area (Å²) in [5, 5.41) is 3.11. The van der Waals surface area contributed by atoms with E-state index >= 15 is 0 Å². The summed E-state index contributed by atoms with van der Waals surface area (Å²) in [4.78, 5) is 25.6. The van der Waals surface area contributed by atoms with Crippen LogP contribution in [0.3, 0.4) is 0 Å². The van der Waals surface area contributed by atoms with E-state index in [0.29, 0.717) is 18.5 Å². The number of carbonyl (C=O) groups excluding carboxylic acids is 2. The minimum absolute atomic E-state index is 0.0233. The molecule has 2 aliphatic heterocycles. The molecule has 1 atom stereocenters. The molecule has 1 aromatic heterocycles. The van der Waals surface area contributed by atoms with Crippen molar-refractivity contribution < 1.29 is 14.0 Å². The second-order valence-corrected chi connectivity index (χ2v) is 5.49. The molecule has 0 bridgehead atoms. The minimum Gasteiger partial charge on any atom is -0.472 e. The molecular formula is C14H18N2O3. The Morgan fingerprint density at radius 3 is 2.89 bits per heavy atom. The molecule has 5 nitrogen and oxygen atoms in total. The van der Waals surface area contributed by atoms with Crippen LogP contribution in [0, 0.1) is 0 Å². The molecule has 2 fully saturated rings. The summed E-state index contributed by atoms with van der Waals surface area (Å²) >= 11 is 0. The number of hydrogen-bond acceptors (Lipinski definition) is 3. The van der Waals surface area contributed by atoms with Crippen LogP contribution in [0.1, 0.15) is 42.5 Å². The Kier molecular flexibility index (Phi) is 3.05. The van der Waals surface area contributed by atoms with E-state index in [1.54, 1.807) is 6.07 Å². The summed E-state index contributed by atoms with van der Waals surface area (Å²) in [7, 11) is 0. The summed E-state index contributed by atoms with van der Waals surface area (Å²) in [5.41, 5.74) is 0.536. The van der Waals surface area contributed by atoms with Crippen molar-refractivity contribution in [3.63, 3.8) is 0 Å². The van der Waals surface area contributed by atoms with Crippen molar-refractivity contribution in [1.29, 1.82) is 0 Å². The topological polar surface area (TPSA) is 62.6 Å². The molecule has 3 heterocycles. The van der Waals surface area contributed by atoms with Gasteiger partial charge in [-0.15, -0.1) is 0 Å². The van der Waals surface area contributed by atoms with Crippen LogP contribution < -0.4 is 5.32 Å². The Morgan fingerprint density at radius 2 is 2.21 bits per heavy atom. The standard InChI is InChI=1S/C14H18N2O3/c17-12-2-5-14(15-12)4-1-7-16(8-6-14)13(18)11-3-9-19-10-11/h3,9-10H,1-2,4-8H2,(H,15,17). The number of furan rings is 1. The largest absolute Gasteiger partial charge is 0.472 e. The molecule has 1 unspecified atom stereocenters. The van der Waals surface area contributed by atoms with Gasteiger partial charge in [-0.25, -0.2) is 0 Å². The molecule has 3 rings (SSSR count). The van der Waals surface area contributed by atoms with Gasteiger partial charge in [0.25, 0.3) is 5.91 Å². The smallest absolute Gasteiger partial charge is 0.257 e. The maximum atomic E-state index is 12.3. The maximum absolute atomic E-state index is 12.3. The van der Waals surface area contributed by atoms with Gasteiger partial charge in [-0.1, -0.05) is 0 Å². The van der Waals surface area contributed by atoms with Crippen LogP contribution in [0.4, 0.5) is 0 Å². The van der Waals surface area contributed by atoms with Gasteiger partial charge in [0.2, 0.25) is 5.91 Å². The lowest BCUT2D eigenvalue weighted by Crippen LogP contribution is -2.42. The van der Waals surface area contributed by atoms with E-state index in [-0.39, 0.29) is 17.4 Å². The first-order valence-electron chi connectivity index (χ1n) is 6.81. The Morgan fingerprint density at radius 1 is 1.32 bits per heavy atom. The van der Waals surface area contributed by atoms with Crippen molar-refractivity contribution in [2.45, 2.75) is 37.6 Å². The van der Waals surface area contributed by atoms with E-state index in [2.05, 4.69) is 5.32 Å². The molecule has 0 aromatic carbocycles. The monoisotopic (exact) mass is 262 g/mol. The molecule has 2 aliphatic rings. The highest BCUT2D eigenvalue weighted by atomic mass is 16.3. The molecule has 2 amide bonds. The third-order valence-corrected chi connectivity index (χ3v) is 4.23. The molecule has 0 radical (unpaired) electrons. The Hall–Kier alpha value is -1.78. The van der Waals surface area contributed by atoms with Crippen LogP contribution in [-0.4, -0.2) is 35.3 Å². The third kappa shape index (κ3) is 2.37. The van der Waals surface area contributed by atoms with Crippen molar-refractivity contribution in [2.75, 3.05) is 13.1 Å². The highest BCUT2D eigenvalue weighted by Gasteiger charge is 2.39. The lowest BCUT2D eigenvalue weighted by molar-refractivity contribution is -0.119. The summed E-state index contributed by atoms with van der Waals surface area (Å²) in [5.74, 6) is 0.171. The molecular weight excluding hydrogens is 244 g/mol. The second-order valence-electron chi connectivity index (χ2n) is 5.49. The number of likely N-dealkylation sites (tertiary alicyclic amines) is 1. The molecule has 2 saturated heterocycles. The molecule has 19 heavy (non-hydrogen) atoms. The van der Waals surface area contributed by atoms with E-state index in [9.17, 15) is 9.59 Å². The van der Waals surface area contributed by atoms with Crippen LogP contribution in [0.15, 0.2) is 23.0 Å². The van der Waals surface area contributed by atoms with E-state index in [4.69, 9.17) is 4.42 Å². The summed E-state index contributed by atoms with van der Waals surface area (Å²) < 4.78 is 4.96. The average molecular weight is 262 g/mol. The molecule has 102 valence electrons. The van der Waals surface area contributed by atoms with Crippen LogP contribution in [0.25, 0.3) is 0 Å². The summed E-state index contributed by atoms with van der Waals surface area (Å²) in [6, 6.07) is 1.69. The van der Waals surface area contributed by atoms with Crippen molar-refractivity contribution >= 4 is 11.8 Å². The first-order chi connectivity index (χ1) is 9.19. The predicted octanol–water partition coefficient (Wildman–Crippen LogP) is 1.55. The molecule has 0 saturated carbocycles. The predicted molar refractivity (Wildman–Crippen MR) is 68.6 cm³/mol. The quantitative estimate of drug-likeness (QED) is 0.835. The SMILES string of the molecule is O=C1CCC2(CCCN(C(=O)c3ccoc3)CC2)N1. The van der Waals surface area contributed by atoms with Gasteiger partial charge in [-0.2, -0.15) is 0 Å². The summed E-state index contributed by atoms with van der Waals surface area (Å²) in [6.07, 6.45) is 7.28. The third-order valence-electron chi connectivity index (χ3n) is 4.23. The number of nitrogens with zero attached hydrogens (tertiary/aromatic N) is 1. The molecule has 1 aromatic rings. The van der Waals surface area contributed by atoms with Gasteiger partial charge in [0.1, 0.15) is 6.26 Å². The summed E-state index contributed by atoms with van der Waals surface area (Å²) in [6.45, 7) is 1.45. The fourth-order valence-corrected chi connectivity index (χ4v) is 3.11. The molecule has 1 spiro atoms. The zero-order valence-electron chi connectivity index (χ0n) is 10.9. The average Bonchev–Trinajstić information content (AvgIpc) is 2.98. The highest BCUT2D eigenvalue weighted by Crippen LogP contribution is 2.31. The fourth-order valence-electron chi connectivity index (χ4n) is 3.11. The van der Waals surface area contributed by atoms with Gasteiger partial charge in [0.15, 0.2) is 0 Å². The molecule has 5 heteroatoms. The number of nitrogens with one attached hydrogen (secondary N) is 1. The zero-order chi connectivity index (χ0) is 13.3. The number of rotatable bonds is 1. The Labute approximate surface area is 111 Å². The van der Waals surface area contributed by atoms with Crippen molar-refractivity contribution in [1.82, 2.24) is 10.2 Å². The number of hydrogen-bond donors (Lipinski definition) is 1. The van der Waals surface area contributed by atoms with Gasteiger partial charge < -0.3 is 14.6 Å². The van der Waals surface area contributed by atoms with Gasteiger partial charge in [0, 0.05) is 25.0 Å². The number of amides is 2. The van der Waals surface area contributed by atoms with E-state index in [1.807, 2.05) is 4.90 Å². The number of carbonyl (C=O) groups is 2. The second kappa shape index (κ2) is 4.72. The van der Waals surface area contributed by atoms with Crippen molar-refractivity contribution in [3.05, 3.63) is 24.2 Å². The van der Waals surface area contributed by atoms with Crippen LogP contribution >= 0.6 is 0 Å². The van der Waals surface area contributed by atoms with Crippen LogP contribution in [-0.2, 0) is 4.79 Å². The van der Waals surface area contributed by atoms with Crippen molar-refractivity contribution in [2.24, 2.45) is 0 Å². The zero-order valence-corrected chi connectivity index (χ0v) is 10.9. The maximum Gasteiger partial charge on any atom is 0.257 e. The van der Waals surface area contributed by atoms with Gasteiger partial charge >= 0.3 is 0 Å². The van der Waals surface area contributed by atoms with Gasteiger partial charge in [0.05, 0.1) is 11.8 Å². The van der Waals surface area contributed by atoms with Gasteiger partial charge in [-0.3, -0.25) is 9.59 Å². The van der Waals surface area contributed by atoms with Crippen LogP contribution in [0.2, 0.25) is 0 Å². The van der Waals surface area contributed by atoms with E-state index in [0.717, 1.165) is 32.2 Å². The van der Waals surface area contributed by atoms with Gasteiger partial charge in [-0.05, 0) is 31.7 Å². The normalized spacial score (nSPS) is 27.4.